The summed E-state index contributed by atoms with van der Waals surface area (Å²) < 4.78 is 6.20. The Labute approximate surface area is 228 Å². The minimum absolute atomic E-state index is 0.0201. The second-order valence-electron chi connectivity index (χ2n) is 10.9. The van der Waals surface area contributed by atoms with E-state index in [4.69, 9.17) is 4.74 Å². The van der Waals surface area contributed by atoms with Gasteiger partial charge in [0.2, 0.25) is 5.91 Å². The molecule has 2 aromatic carbocycles. The van der Waals surface area contributed by atoms with Gasteiger partial charge in [-0.05, 0) is 67.9 Å². The Balaban J connectivity index is 1.23. The highest BCUT2D eigenvalue weighted by molar-refractivity contribution is 7.09. The molecule has 3 heterocycles. The highest BCUT2D eigenvalue weighted by Crippen LogP contribution is 2.40. The summed E-state index contributed by atoms with van der Waals surface area (Å²) in [5.74, 6) is 1.22. The first-order valence-corrected chi connectivity index (χ1v) is 14.8. The zero-order chi connectivity index (χ0) is 26.1. The van der Waals surface area contributed by atoms with Gasteiger partial charge < -0.3 is 14.5 Å². The first-order valence-electron chi connectivity index (χ1n) is 13.9. The molecule has 6 nitrogen and oxygen atoms in total. The molecule has 2 fully saturated rings. The molecule has 0 N–H and O–H groups in total. The van der Waals surface area contributed by atoms with Gasteiger partial charge >= 0.3 is 0 Å². The predicted molar refractivity (Wildman–Crippen MR) is 148 cm³/mol. The van der Waals surface area contributed by atoms with Crippen molar-refractivity contribution in [2.24, 2.45) is 5.92 Å². The van der Waals surface area contributed by atoms with Crippen LogP contribution in [0.4, 0.5) is 0 Å². The summed E-state index contributed by atoms with van der Waals surface area (Å²) in [5.41, 5.74) is 5.28. The zero-order valence-electron chi connectivity index (χ0n) is 22.0. The van der Waals surface area contributed by atoms with E-state index in [0.717, 1.165) is 86.5 Å². The Morgan fingerprint density at radius 3 is 2.53 bits per heavy atom. The lowest BCUT2D eigenvalue weighted by molar-refractivity contribution is -0.137. The van der Waals surface area contributed by atoms with Gasteiger partial charge in [-0.3, -0.25) is 9.59 Å². The SMILES string of the molecule is Cc1ccc([C@H]2c3cc(OCc4nc(C(=O)N5CCCC5)cs4)ccc3CCN2C(=O)C2CCCC2)cc1. The number of carbonyl (C=O) groups excluding carboxylic acids is 2. The van der Waals surface area contributed by atoms with Crippen molar-refractivity contribution in [3.8, 4) is 5.75 Å². The van der Waals surface area contributed by atoms with Gasteiger partial charge in [0, 0.05) is 30.9 Å². The maximum absolute atomic E-state index is 13.7. The zero-order valence-corrected chi connectivity index (χ0v) is 22.8. The summed E-state index contributed by atoms with van der Waals surface area (Å²) in [6, 6.07) is 14.7. The van der Waals surface area contributed by atoms with Crippen LogP contribution in [0, 0.1) is 12.8 Å². The standard InChI is InChI=1S/C31H35N3O3S/c1-21-8-10-23(11-9-21)29-26-18-25(13-12-22(26)14-17-34(29)30(35)24-6-2-3-7-24)37-19-28-32-27(20-38-28)31(36)33-15-4-5-16-33/h8-13,18,20,24,29H,2-7,14-17,19H2,1H3/t29-/m0/s1. The van der Waals surface area contributed by atoms with E-state index in [-0.39, 0.29) is 17.9 Å². The van der Waals surface area contributed by atoms with Crippen LogP contribution < -0.4 is 4.74 Å². The fraction of sp³-hybridized carbons (Fsp3) is 0.452. The van der Waals surface area contributed by atoms with E-state index in [9.17, 15) is 9.59 Å². The average Bonchev–Trinajstić information content (AvgIpc) is 3.74. The number of carbonyl (C=O) groups is 2. The monoisotopic (exact) mass is 529 g/mol. The number of ether oxygens (including phenoxy) is 1. The molecule has 1 atom stereocenters. The summed E-state index contributed by atoms with van der Waals surface area (Å²) in [5, 5.41) is 2.63. The molecule has 2 aliphatic heterocycles. The van der Waals surface area contributed by atoms with Gasteiger partial charge in [0.15, 0.2) is 0 Å². The summed E-state index contributed by atoms with van der Waals surface area (Å²) in [6.07, 6.45) is 7.29. The van der Waals surface area contributed by atoms with Crippen molar-refractivity contribution < 1.29 is 14.3 Å². The molecule has 0 bridgehead atoms. The van der Waals surface area contributed by atoms with Crippen LogP contribution in [0.15, 0.2) is 47.8 Å². The van der Waals surface area contributed by atoms with Gasteiger partial charge in [0.1, 0.15) is 23.1 Å². The van der Waals surface area contributed by atoms with Crippen molar-refractivity contribution in [1.29, 1.82) is 0 Å². The Hall–Kier alpha value is -3.19. The van der Waals surface area contributed by atoms with Crippen molar-refractivity contribution in [1.82, 2.24) is 14.8 Å². The number of benzene rings is 2. The molecule has 38 heavy (non-hydrogen) atoms. The maximum atomic E-state index is 13.7. The minimum atomic E-state index is -0.111. The molecule has 3 aromatic rings. The van der Waals surface area contributed by atoms with E-state index in [1.807, 2.05) is 16.3 Å². The number of nitrogens with zero attached hydrogens (tertiary/aromatic N) is 3. The molecular formula is C31H35N3O3S. The Bertz CT molecular complexity index is 1310. The molecule has 0 unspecified atom stereocenters. The average molecular weight is 530 g/mol. The van der Waals surface area contributed by atoms with Gasteiger partial charge in [-0.1, -0.05) is 48.7 Å². The van der Waals surface area contributed by atoms with Gasteiger partial charge in [-0.15, -0.1) is 11.3 Å². The number of hydrogen-bond donors (Lipinski definition) is 0. The molecule has 0 spiro atoms. The number of amides is 2. The van der Waals surface area contributed by atoms with Crippen molar-refractivity contribution in [3.63, 3.8) is 0 Å². The number of hydrogen-bond acceptors (Lipinski definition) is 5. The lowest BCUT2D eigenvalue weighted by atomic mass is 9.86. The summed E-state index contributed by atoms with van der Waals surface area (Å²) in [6.45, 7) is 4.79. The van der Waals surface area contributed by atoms with Crippen LogP contribution in [0.5, 0.6) is 5.75 Å². The second kappa shape index (κ2) is 10.9. The fourth-order valence-corrected chi connectivity index (χ4v) is 6.82. The van der Waals surface area contributed by atoms with E-state index in [1.54, 1.807) is 0 Å². The predicted octanol–water partition coefficient (Wildman–Crippen LogP) is 5.93. The van der Waals surface area contributed by atoms with Crippen molar-refractivity contribution in [3.05, 3.63) is 80.8 Å². The summed E-state index contributed by atoms with van der Waals surface area (Å²) in [4.78, 5) is 34.9. The van der Waals surface area contributed by atoms with E-state index in [1.165, 1.54) is 22.5 Å². The molecule has 0 radical (unpaired) electrons. The molecule has 1 saturated heterocycles. The fourth-order valence-electron chi connectivity index (χ4n) is 6.14. The lowest BCUT2D eigenvalue weighted by Gasteiger charge is -2.39. The third kappa shape index (κ3) is 5.08. The highest BCUT2D eigenvalue weighted by Gasteiger charge is 2.36. The Morgan fingerprint density at radius 1 is 1.00 bits per heavy atom. The largest absolute Gasteiger partial charge is 0.486 e. The second-order valence-corrected chi connectivity index (χ2v) is 11.8. The van der Waals surface area contributed by atoms with E-state index >= 15 is 0 Å². The van der Waals surface area contributed by atoms with Crippen molar-refractivity contribution in [2.75, 3.05) is 19.6 Å². The van der Waals surface area contributed by atoms with E-state index in [0.29, 0.717) is 18.2 Å². The van der Waals surface area contributed by atoms with Crippen LogP contribution in [-0.2, 0) is 17.8 Å². The topological polar surface area (TPSA) is 62.7 Å². The van der Waals surface area contributed by atoms with Crippen LogP contribution in [0.3, 0.4) is 0 Å². The van der Waals surface area contributed by atoms with Crippen LogP contribution in [-0.4, -0.2) is 46.2 Å². The number of aryl methyl sites for hydroxylation is 1. The third-order valence-corrected chi connectivity index (χ3v) is 9.07. The van der Waals surface area contributed by atoms with Gasteiger partial charge in [-0.25, -0.2) is 4.98 Å². The Kier molecular flexibility index (Phi) is 7.20. The molecule has 198 valence electrons. The quantitative estimate of drug-likeness (QED) is 0.397. The molecule has 7 heteroatoms. The van der Waals surface area contributed by atoms with Crippen LogP contribution >= 0.6 is 11.3 Å². The van der Waals surface area contributed by atoms with Gasteiger partial charge in [0.25, 0.3) is 5.91 Å². The lowest BCUT2D eigenvalue weighted by Crippen LogP contribution is -2.43. The maximum Gasteiger partial charge on any atom is 0.273 e. The molecule has 3 aliphatic rings. The minimum Gasteiger partial charge on any atom is -0.486 e. The van der Waals surface area contributed by atoms with Crippen molar-refractivity contribution >= 4 is 23.2 Å². The molecule has 1 aromatic heterocycles. The smallest absolute Gasteiger partial charge is 0.273 e. The number of aromatic nitrogens is 1. The van der Waals surface area contributed by atoms with Gasteiger partial charge in [-0.2, -0.15) is 0 Å². The van der Waals surface area contributed by atoms with E-state index in [2.05, 4.69) is 53.2 Å². The third-order valence-electron chi connectivity index (χ3n) is 8.25. The number of fused-ring (bicyclic) bond motifs is 1. The first-order chi connectivity index (χ1) is 18.6. The molecule has 6 rings (SSSR count). The number of thiazole rings is 1. The molecule has 1 saturated carbocycles. The van der Waals surface area contributed by atoms with Gasteiger partial charge in [0.05, 0.1) is 6.04 Å². The van der Waals surface area contributed by atoms with Crippen LogP contribution in [0.2, 0.25) is 0 Å². The number of likely N-dealkylation sites (tertiary alicyclic amines) is 1. The number of rotatable bonds is 6. The first kappa shape index (κ1) is 25.1. The molecular weight excluding hydrogens is 494 g/mol. The Morgan fingerprint density at radius 2 is 1.76 bits per heavy atom. The summed E-state index contributed by atoms with van der Waals surface area (Å²) >= 11 is 1.47. The molecule has 1 aliphatic carbocycles. The highest BCUT2D eigenvalue weighted by atomic mass is 32.1. The summed E-state index contributed by atoms with van der Waals surface area (Å²) in [7, 11) is 0. The van der Waals surface area contributed by atoms with E-state index < -0.39 is 0 Å². The normalized spacial score (nSPS) is 19.6. The van der Waals surface area contributed by atoms with Crippen molar-refractivity contribution in [2.45, 2.75) is 64.5 Å². The van der Waals surface area contributed by atoms with Crippen LogP contribution in [0.25, 0.3) is 0 Å². The van der Waals surface area contributed by atoms with Crippen LogP contribution in [0.1, 0.15) is 82.3 Å². The molecule has 2 amide bonds.